The molecule has 0 spiro atoms. The van der Waals surface area contributed by atoms with Gasteiger partial charge in [0.1, 0.15) is 16.5 Å². The molecule has 5 heteroatoms. The van der Waals surface area contributed by atoms with Crippen molar-refractivity contribution in [2.24, 2.45) is 0 Å². The van der Waals surface area contributed by atoms with E-state index >= 15 is 0 Å². The minimum absolute atomic E-state index is 0.0711. The molecule has 0 radical (unpaired) electrons. The molecule has 0 saturated carbocycles. The molecule has 0 aliphatic carbocycles. The van der Waals surface area contributed by atoms with E-state index in [9.17, 15) is 12.8 Å². The van der Waals surface area contributed by atoms with Crippen LogP contribution >= 0.6 is 0 Å². The fourth-order valence-electron chi connectivity index (χ4n) is 1.58. The van der Waals surface area contributed by atoms with Crippen LogP contribution in [0.1, 0.15) is 11.1 Å². The van der Waals surface area contributed by atoms with Crippen LogP contribution in [-0.2, 0) is 10.1 Å². The van der Waals surface area contributed by atoms with Gasteiger partial charge in [-0.15, -0.1) is 0 Å². The highest BCUT2D eigenvalue weighted by molar-refractivity contribution is 7.87. The fourth-order valence-corrected chi connectivity index (χ4v) is 2.57. The first kappa shape index (κ1) is 13.5. The lowest BCUT2D eigenvalue weighted by Crippen LogP contribution is -2.10. The molecule has 0 atom stereocenters. The summed E-state index contributed by atoms with van der Waals surface area (Å²) in [4.78, 5) is 0.0711. The largest absolute Gasteiger partial charge is 0.379 e. The van der Waals surface area contributed by atoms with Crippen LogP contribution < -0.4 is 4.18 Å². The summed E-state index contributed by atoms with van der Waals surface area (Å²) in [5.74, 6) is -0.306. The van der Waals surface area contributed by atoms with Gasteiger partial charge in [-0.05, 0) is 49.7 Å². The molecule has 0 N–H and O–H groups in total. The average molecular weight is 280 g/mol. The predicted molar refractivity (Wildman–Crippen MR) is 70.1 cm³/mol. The van der Waals surface area contributed by atoms with Crippen LogP contribution in [0.15, 0.2) is 47.4 Å². The average Bonchev–Trinajstić information content (AvgIpc) is 2.33. The maximum absolute atomic E-state index is 12.9. The summed E-state index contributed by atoms with van der Waals surface area (Å²) in [5, 5.41) is 0. The normalized spacial score (nSPS) is 11.3. The SMILES string of the molecule is Cc1ccc(S(=O)(=O)Oc2ccc(F)cc2C)cc1. The Bertz CT molecular complexity index is 691. The van der Waals surface area contributed by atoms with Crippen LogP contribution in [-0.4, -0.2) is 8.42 Å². The van der Waals surface area contributed by atoms with Gasteiger partial charge >= 0.3 is 10.1 Å². The van der Waals surface area contributed by atoms with E-state index in [1.165, 1.54) is 24.3 Å². The molecular formula is C14H13FO3S. The van der Waals surface area contributed by atoms with Gasteiger partial charge in [-0.25, -0.2) is 4.39 Å². The van der Waals surface area contributed by atoms with Gasteiger partial charge in [0.2, 0.25) is 0 Å². The fraction of sp³-hybridized carbons (Fsp3) is 0.143. The molecule has 100 valence electrons. The van der Waals surface area contributed by atoms with Gasteiger partial charge in [-0.3, -0.25) is 0 Å². The first-order chi connectivity index (χ1) is 8.88. The lowest BCUT2D eigenvalue weighted by molar-refractivity contribution is 0.483. The summed E-state index contributed by atoms with van der Waals surface area (Å²) in [6.45, 7) is 3.45. The lowest BCUT2D eigenvalue weighted by atomic mass is 10.2. The second-order valence-corrected chi connectivity index (χ2v) is 5.81. The van der Waals surface area contributed by atoms with E-state index in [-0.39, 0.29) is 10.6 Å². The molecule has 0 aromatic heterocycles. The van der Waals surface area contributed by atoms with Crippen molar-refractivity contribution in [3.8, 4) is 5.75 Å². The zero-order valence-electron chi connectivity index (χ0n) is 10.6. The highest BCUT2D eigenvalue weighted by Crippen LogP contribution is 2.23. The Balaban J connectivity index is 2.33. The second kappa shape index (κ2) is 5.01. The molecule has 0 unspecified atom stereocenters. The third-order valence-electron chi connectivity index (χ3n) is 2.65. The van der Waals surface area contributed by atoms with E-state index in [4.69, 9.17) is 4.18 Å². The second-order valence-electron chi connectivity index (χ2n) is 4.26. The van der Waals surface area contributed by atoms with E-state index in [2.05, 4.69) is 0 Å². The first-order valence-electron chi connectivity index (χ1n) is 5.66. The van der Waals surface area contributed by atoms with Crippen molar-refractivity contribution >= 4 is 10.1 Å². The smallest absolute Gasteiger partial charge is 0.339 e. The quantitative estimate of drug-likeness (QED) is 0.811. The van der Waals surface area contributed by atoms with E-state index in [1.54, 1.807) is 19.1 Å². The summed E-state index contributed by atoms with van der Waals surface area (Å²) >= 11 is 0. The highest BCUT2D eigenvalue weighted by Gasteiger charge is 2.17. The van der Waals surface area contributed by atoms with Gasteiger partial charge in [0.05, 0.1) is 0 Å². The van der Waals surface area contributed by atoms with E-state index in [0.29, 0.717) is 5.56 Å². The molecule has 2 aromatic rings. The molecule has 19 heavy (non-hydrogen) atoms. The molecule has 0 amide bonds. The summed E-state index contributed by atoms with van der Waals surface area (Å²) in [5.41, 5.74) is 1.38. The maximum atomic E-state index is 12.9. The Hall–Kier alpha value is -1.88. The highest BCUT2D eigenvalue weighted by atomic mass is 32.2. The van der Waals surface area contributed by atoms with Gasteiger partial charge in [-0.2, -0.15) is 8.42 Å². The monoisotopic (exact) mass is 280 g/mol. The van der Waals surface area contributed by atoms with E-state index in [0.717, 1.165) is 11.6 Å². The Morgan fingerprint density at radius 3 is 2.21 bits per heavy atom. The molecule has 3 nitrogen and oxygen atoms in total. The van der Waals surface area contributed by atoms with Gasteiger partial charge in [0.25, 0.3) is 0 Å². The number of hydrogen-bond donors (Lipinski definition) is 0. The number of rotatable bonds is 3. The van der Waals surface area contributed by atoms with Crippen molar-refractivity contribution in [2.75, 3.05) is 0 Å². The third-order valence-corrected chi connectivity index (χ3v) is 3.89. The first-order valence-corrected chi connectivity index (χ1v) is 7.06. The van der Waals surface area contributed by atoms with Crippen LogP contribution in [0.3, 0.4) is 0 Å². The molecule has 0 fully saturated rings. The van der Waals surface area contributed by atoms with Crippen molar-refractivity contribution in [2.45, 2.75) is 18.7 Å². The number of aryl methyl sites for hydroxylation is 2. The van der Waals surface area contributed by atoms with Crippen molar-refractivity contribution in [1.29, 1.82) is 0 Å². The Morgan fingerprint density at radius 2 is 1.63 bits per heavy atom. The van der Waals surface area contributed by atoms with Crippen molar-refractivity contribution in [3.63, 3.8) is 0 Å². The van der Waals surface area contributed by atoms with Crippen molar-refractivity contribution in [1.82, 2.24) is 0 Å². The zero-order chi connectivity index (χ0) is 14.0. The number of halogens is 1. The molecule has 0 heterocycles. The summed E-state index contributed by atoms with van der Waals surface area (Å²) in [7, 11) is -3.89. The van der Waals surface area contributed by atoms with Crippen LogP contribution in [0.2, 0.25) is 0 Å². The molecular weight excluding hydrogens is 267 g/mol. The van der Waals surface area contributed by atoms with Crippen LogP contribution in [0, 0.1) is 19.7 Å². The molecule has 2 rings (SSSR count). The standard InChI is InChI=1S/C14H13FO3S/c1-10-3-6-13(7-4-10)19(16,17)18-14-8-5-12(15)9-11(14)2/h3-9H,1-2H3. The summed E-state index contributed by atoms with van der Waals surface area (Å²) < 4.78 is 42.0. The van der Waals surface area contributed by atoms with Gasteiger partial charge in [-0.1, -0.05) is 17.7 Å². The van der Waals surface area contributed by atoms with Crippen LogP contribution in [0.25, 0.3) is 0 Å². The van der Waals surface area contributed by atoms with Gasteiger partial charge in [0.15, 0.2) is 0 Å². The third kappa shape index (κ3) is 3.12. The summed E-state index contributed by atoms with van der Waals surface area (Å²) in [6, 6.07) is 10.0. The van der Waals surface area contributed by atoms with Gasteiger partial charge < -0.3 is 4.18 Å². The van der Waals surface area contributed by atoms with E-state index < -0.39 is 15.9 Å². The Morgan fingerprint density at radius 1 is 1.00 bits per heavy atom. The molecule has 0 aliphatic rings. The van der Waals surface area contributed by atoms with Crippen molar-refractivity contribution < 1.29 is 17.0 Å². The van der Waals surface area contributed by atoms with Gasteiger partial charge in [0, 0.05) is 0 Å². The Labute approximate surface area is 111 Å². The van der Waals surface area contributed by atoms with Crippen LogP contribution in [0.5, 0.6) is 5.75 Å². The minimum Gasteiger partial charge on any atom is -0.379 e. The topological polar surface area (TPSA) is 43.4 Å². The lowest BCUT2D eigenvalue weighted by Gasteiger charge is -2.09. The molecule has 2 aromatic carbocycles. The molecule has 0 bridgehead atoms. The van der Waals surface area contributed by atoms with Crippen LogP contribution in [0.4, 0.5) is 4.39 Å². The number of hydrogen-bond acceptors (Lipinski definition) is 3. The van der Waals surface area contributed by atoms with E-state index in [1.807, 2.05) is 6.92 Å². The zero-order valence-corrected chi connectivity index (χ0v) is 11.4. The number of benzene rings is 2. The Kier molecular flexibility index (Phi) is 3.57. The minimum atomic E-state index is -3.89. The predicted octanol–water partition coefficient (Wildman–Crippen LogP) is 3.21. The maximum Gasteiger partial charge on any atom is 0.339 e. The van der Waals surface area contributed by atoms with Crippen molar-refractivity contribution in [3.05, 3.63) is 59.4 Å². The summed E-state index contributed by atoms with van der Waals surface area (Å²) in [6.07, 6.45) is 0. The molecule has 0 saturated heterocycles. The molecule has 0 aliphatic heterocycles.